The third kappa shape index (κ3) is 3.95. The fourth-order valence-corrected chi connectivity index (χ4v) is 3.77. The molecule has 110 valence electrons. The van der Waals surface area contributed by atoms with E-state index in [0.717, 1.165) is 12.5 Å². The maximum atomic E-state index is 11.8. The Hall–Kier alpha value is -0.570. The lowest BCUT2D eigenvalue weighted by atomic mass is 9.78. The number of rotatable bonds is 7. The van der Waals surface area contributed by atoms with Gasteiger partial charge in [-0.1, -0.05) is 26.7 Å². The van der Waals surface area contributed by atoms with Gasteiger partial charge in [0, 0.05) is 6.54 Å². The molecule has 2 rings (SSSR count). The van der Waals surface area contributed by atoms with E-state index < -0.39 is 0 Å². The molecule has 0 aliphatic heterocycles. The molecule has 0 aromatic rings. The summed E-state index contributed by atoms with van der Waals surface area (Å²) >= 11 is 0. The highest BCUT2D eigenvalue weighted by Gasteiger charge is 2.40. The summed E-state index contributed by atoms with van der Waals surface area (Å²) in [5.74, 6) is 1.18. The number of hydrogen-bond donors (Lipinski definition) is 1. The first-order valence-electron chi connectivity index (χ1n) is 7.87. The van der Waals surface area contributed by atoms with E-state index in [9.17, 15) is 4.79 Å². The zero-order valence-corrected chi connectivity index (χ0v) is 12.7. The van der Waals surface area contributed by atoms with Gasteiger partial charge < -0.3 is 10.1 Å². The third-order valence-corrected chi connectivity index (χ3v) is 4.75. The van der Waals surface area contributed by atoms with E-state index in [4.69, 9.17) is 4.74 Å². The van der Waals surface area contributed by atoms with Crippen LogP contribution in [0.2, 0.25) is 0 Å². The zero-order valence-electron chi connectivity index (χ0n) is 12.7. The molecule has 3 nitrogen and oxygen atoms in total. The number of nitrogens with one attached hydrogen (secondary N) is 1. The van der Waals surface area contributed by atoms with Gasteiger partial charge in [0.05, 0.1) is 7.11 Å². The molecule has 0 spiro atoms. The predicted octanol–water partition coefficient (Wildman–Crippen LogP) is 3.13. The van der Waals surface area contributed by atoms with Gasteiger partial charge in [-0.3, -0.25) is 4.79 Å². The van der Waals surface area contributed by atoms with Gasteiger partial charge in [0.1, 0.15) is 6.04 Å². The normalized spacial score (nSPS) is 23.6. The SMILES string of the molecule is COC(=O)C(NCC1(CC(C)C)CCCC1)C1CC1. The van der Waals surface area contributed by atoms with Gasteiger partial charge in [0.15, 0.2) is 0 Å². The van der Waals surface area contributed by atoms with Gasteiger partial charge in [0.2, 0.25) is 0 Å². The van der Waals surface area contributed by atoms with E-state index in [-0.39, 0.29) is 12.0 Å². The summed E-state index contributed by atoms with van der Waals surface area (Å²) in [5.41, 5.74) is 0.426. The van der Waals surface area contributed by atoms with Crippen molar-refractivity contribution in [2.45, 2.75) is 64.8 Å². The van der Waals surface area contributed by atoms with Crippen molar-refractivity contribution < 1.29 is 9.53 Å². The van der Waals surface area contributed by atoms with Crippen molar-refractivity contribution in [3.63, 3.8) is 0 Å². The average molecular weight is 267 g/mol. The summed E-state index contributed by atoms with van der Waals surface area (Å²) in [4.78, 5) is 11.8. The smallest absolute Gasteiger partial charge is 0.323 e. The van der Waals surface area contributed by atoms with Gasteiger partial charge >= 0.3 is 5.97 Å². The second-order valence-corrected chi connectivity index (χ2v) is 7.02. The molecule has 3 heteroatoms. The van der Waals surface area contributed by atoms with Crippen LogP contribution in [0.5, 0.6) is 0 Å². The van der Waals surface area contributed by atoms with Crippen LogP contribution in [0.1, 0.15) is 58.8 Å². The van der Waals surface area contributed by atoms with Crippen LogP contribution in [-0.2, 0) is 9.53 Å². The molecule has 0 bridgehead atoms. The van der Waals surface area contributed by atoms with E-state index >= 15 is 0 Å². The average Bonchev–Trinajstić information content (AvgIpc) is 3.10. The molecule has 0 aromatic carbocycles. The number of carbonyl (C=O) groups excluding carboxylic acids is 1. The van der Waals surface area contributed by atoms with Crippen LogP contribution in [0.25, 0.3) is 0 Å². The third-order valence-electron chi connectivity index (χ3n) is 4.75. The number of hydrogen-bond acceptors (Lipinski definition) is 3. The number of methoxy groups -OCH3 is 1. The van der Waals surface area contributed by atoms with Gasteiger partial charge in [-0.15, -0.1) is 0 Å². The van der Waals surface area contributed by atoms with Gasteiger partial charge in [0.25, 0.3) is 0 Å². The molecule has 0 aromatic heterocycles. The molecule has 2 aliphatic carbocycles. The maximum Gasteiger partial charge on any atom is 0.323 e. The first-order valence-corrected chi connectivity index (χ1v) is 7.87. The summed E-state index contributed by atoms with van der Waals surface area (Å²) in [7, 11) is 1.50. The van der Waals surface area contributed by atoms with Crippen LogP contribution in [0.3, 0.4) is 0 Å². The Balaban J connectivity index is 1.91. The molecule has 2 aliphatic rings. The van der Waals surface area contributed by atoms with Crippen LogP contribution in [0.15, 0.2) is 0 Å². The van der Waals surface area contributed by atoms with Crippen LogP contribution < -0.4 is 5.32 Å². The van der Waals surface area contributed by atoms with Crippen LogP contribution in [0.4, 0.5) is 0 Å². The Morgan fingerprint density at radius 1 is 1.32 bits per heavy atom. The quantitative estimate of drug-likeness (QED) is 0.720. The molecule has 1 N–H and O–H groups in total. The minimum absolute atomic E-state index is 0.0605. The Bertz CT molecular complexity index is 304. The van der Waals surface area contributed by atoms with Crippen molar-refractivity contribution in [1.29, 1.82) is 0 Å². The number of esters is 1. The van der Waals surface area contributed by atoms with Crippen molar-refractivity contribution in [2.75, 3.05) is 13.7 Å². The molecule has 2 fully saturated rings. The Morgan fingerprint density at radius 2 is 1.95 bits per heavy atom. The second kappa shape index (κ2) is 6.25. The fourth-order valence-electron chi connectivity index (χ4n) is 3.77. The molecule has 2 saturated carbocycles. The number of carbonyl (C=O) groups is 1. The maximum absolute atomic E-state index is 11.8. The molecule has 1 atom stereocenters. The standard InChI is InChI=1S/C16H29NO2/c1-12(2)10-16(8-4-5-9-16)11-17-14(13-6-7-13)15(18)19-3/h12-14,17H,4-11H2,1-3H3. The largest absolute Gasteiger partial charge is 0.468 e. The lowest BCUT2D eigenvalue weighted by Gasteiger charge is -2.33. The van der Waals surface area contributed by atoms with Crippen molar-refractivity contribution in [3.05, 3.63) is 0 Å². The summed E-state index contributed by atoms with van der Waals surface area (Å²) in [6.45, 7) is 5.60. The minimum atomic E-state index is -0.0693. The number of ether oxygens (including phenoxy) is 1. The van der Waals surface area contributed by atoms with Crippen molar-refractivity contribution in [1.82, 2.24) is 5.32 Å². The molecule has 0 heterocycles. The zero-order chi connectivity index (χ0) is 13.9. The Morgan fingerprint density at radius 3 is 2.42 bits per heavy atom. The van der Waals surface area contributed by atoms with Gasteiger partial charge in [-0.05, 0) is 49.4 Å². The topological polar surface area (TPSA) is 38.3 Å². The molecular weight excluding hydrogens is 238 g/mol. The minimum Gasteiger partial charge on any atom is -0.468 e. The molecular formula is C16H29NO2. The van der Waals surface area contributed by atoms with Crippen LogP contribution in [0, 0.1) is 17.3 Å². The molecule has 0 saturated heterocycles. The first-order chi connectivity index (χ1) is 9.06. The lowest BCUT2D eigenvalue weighted by molar-refractivity contribution is -0.143. The van der Waals surface area contributed by atoms with E-state index in [2.05, 4.69) is 19.2 Å². The predicted molar refractivity (Wildman–Crippen MR) is 76.9 cm³/mol. The van der Waals surface area contributed by atoms with Gasteiger partial charge in [-0.25, -0.2) is 0 Å². The Labute approximate surface area is 117 Å². The van der Waals surface area contributed by atoms with Crippen LogP contribution in [-0.4, -0.2) is 25.7 Å². The van der Waals surface area contributed by atoms with E-state index in [1.807, 2.05) is 0 Å². The summed E-state index contributed by atoms with van der Waals surface area (Å²) in [6.07, 6.45) is 8.95. The Kier molecular flexibility index (Phi) is 4.88. The molecule has 0 radical (unpaired) electrons. The lowest BCUT2D eigenvalue weighted by Crippen LogP contribution is -2.45. The van der Waals surface area contributed by atoms with Crippen molar-refractivity contribution in [2.24, 2.45) is 17.3 Å². The summed E-state index contributed by atoms with van der Waals surface area (Å²) in [6, 6.07) is -0.0605. The molecule has 0 amide bonds. The van der Waals surface area contributed by atoms with Crippen LogP contribution >= 0.6 is 0 Å². The molecule has 19 heavy (non-hydrogen) atoms. The van der Waals surface area contributed by atoms with E-state index in [1.165, 1.54) is 52.1 Å². The monoisotopic (exact) mass is 267 g/mol. The van der Waals surface area contributed by atoms with E-state index in [1.54, 1.807) is 0 Å². The molecule has 1 unspecified atom stereocenters. The summed E-state index contributed by atoms with van der Waals surface area (Å²) in [5, 5.41) is 3.55. The van der Waals surface area contributed by atoms with E-state index in [0.29, 0.717) is 11.3 Å². The highest BCUT2D eigenvalue weighted by Crippen LogP contribution is 2.43. The van der Waals surface area contributed by atoms with Crippen molar-refractivity contribution in [3.8, 4) is 0 Å². The fraction of sp³-hybridized carbons (Fsp3) is 0.938. The highest BCUT2D eigenvalue weighted by atomic mass is 16.5. The second-order valence-electron chi connectivity index (χ2n) is 7.02. The highest BCUT2D eigenvalue weighted by molar-refractivity contribution is 5.76. The summed E-state index contributed by atoms with van der Waals surface area (Å²) < 4.78 is 4.94. The first kappa shape index (κ1) is 14.8. The van der Waals surface area contributed by atoms with Gasteiger partial charge in [-0.2, -0.15) is 0 Å². The van der Waals surface area contributed by atoms with Crippen molar-refractivity contribution >= 4 is 5.97 Å².